The summed E-state index contributed by atoms with van der Waals surface area (Å²) in [5.41, 5.74) is 0.986. The van der Waals surface area contributed by atoms with E-state index < -0.39 is 11.6 Å². The van der Waals surface area contributed by atoms with E-state index >= 15 is 0 Å². The Bertz CT molecular complexity index is 619. The van der Waals surface area contributed by atoms with Crippen LogP contribution in [0.4, 0.5) is 8.78 Å². The zero-order chi connectivity index (χ0) is 15.2. The fourth-order valence-corrected chi connectivity index (χ4v) is 2.11. The first-order chi connectivity index (χ1) is 10.1. The van der Waals surface area contributed by atoms with Crippen molar-refractivity contribution in [2.45, 2.75) is 20.1 Å². The van der Waals surface area contributed by atoms with Gasteiger partial charge in [-0.3, -0.25) is 0 Å². The third-order valence-electron chi connectivity index (χ3n) is 2.99. The van der Waals surface area contributed by atoms with E-state index in [-0.39, 0.29) is 12.4 Å². The molecular weight excluding hydrogens is 296 g/mol. The van der Waals surface area contributed by atoms with E-state index in [9.17, 15) is 8.78 Å². The molecule has 21 heavy (non-hydrogen) atoms. The second-order valence-corrected chi connectivity index (χ2v) is 4.97. The molecule has 0 saturated heterocycles. The van der Waals surface area contributed by atoms with Gasteiger partial charge >= 0.3 is 0 Å². The average Bonchev–Trinajstić information content (AvgIpc) is 2.47. The Morgan fingerprint density at radius 2 is 1.90 bits per heavy atom. The minimum Gasteiger partial charge on any atom is -0.485 e. The fraction of sp³-hybridized carbons (Fsp3) is 0.250. The molecule has 0 aliphatic carbocycles. The summed E-state index contributed by atoms with van der Waals surface area (Å²) >= 11 is 5.82. The first-order valence-corrected chi connectivity index (χ1v) is 7.04. The monoisotopic (exact) mass is 311 g/mol. The van der Waals surface area contributed by atoms with Gasteiger partial charge in [-0.15, -0.1) is 0 Å². The van der Waals surface area contributed by atoms with E-state index in [0.717, 1.165) is 6.54 Å². The standard InChI is InChI=1S/C16H16ClF2NO/c1-2-20-9-11-4-3-5-15(19)16(11)21-10-12-8-13(17)6-7-14(12)18/h3-8,20H,2,9-10H2,1H3. The van der Waals surface area contributed by atoms with E-state index in [1.54, 1.807) is 12.1 Å². The van der Waals surface area contributed by atoms with Crippen molar-refractivity contribution in [3.05, 3.63) is 64.2 Å². The smallest absolute Gasteiger partial charge is 0.165 e. The summed E-state index contributed by atoms with van der Waals surface area (Å²) < 4.78 is 33.0. The van der Waals surface area contributed by atoms with Crippen molar-refractivity contribution in [3.63, 3.8) is 0 Å². The lowest BCUT2D eigenvalue weighted by Gasteiger charge is -2.13. The van der Waals surface area contributed by atoms with Crippen LogP contribution in [0.2, 0.25) is 5.02 Å². The summed E-state index contributed by atoms with van der Waals surface area (Å²) in [4.78, 5) is 0. The SMILES string of the molecule is CCNCc1cccc(F)c1OCc1cc(Cl)ccc1F. The van der Waals surface area contributed by atoms with Crippen molar-refractivity contribution in [2.75, 3.05) is 6.54 Å². The number of benzene rings is 2. The molecule has 1 N–H and O–H groups in total. The number of nitrogens with one attached hydrogen (secondary N) is 1. The van der Waals surface area contributed by atoms with Crippen LogP contribution in [0.3, 0.4) is 0 Å². The molecule has 0 saturated carbocycles. The second-order valence-electron chi connectivity index (χ2n) is 4.53. The summed E-state index contributed by atoms with van der Waals surface area (Å²) in [6, 6.07) is 8.91. The largest absolute Gasteiger partial charge is 0.485 e. The number of hydrogen-bond acceptors (Lipinski definition) is 2. The molecule has 0 radical (unpaired) electrons. The summed E-state index contributed by atoms with van der Waals surface area (Å²) in [7, 11) is 0. The zero-order valence-electron chi connectivity index (χ0n) is 11.6. The van der Waals surface area contributed by atoms with Gasteiger partial charge in [-0.25, -0.2) is 8.78 Å². The number of ether oxygens (including phenoxy) is 1. The maximum atomic E-state index is 13.9. The first-order valence-electron chi connectivity index (χ1n) is 6.66. The lowest BCUT2D eigenvalue weighted by molar-refractivity contribution is 0.281. The molecule has 2 aromatic rings. The Labute approximate surface area is 127 Å². The van der Waals surface area contributed by atoms with Gasteiger partial charge in [-0.1, -0.05) is 30.7 Å². The molecule has 2 rings (SSSR count). The van der Waals surface area contributed by atoms with Gasteiger partial charge in [0.2, 0.25) is 0 Å². The summed E-state index contributed by atoms with van der Waals surface area (Å²) in [5, 5.41) is 3.52. The number of rotatable bonds is 6. The predicted molar refractivity (Wildman–Crippen MR) is 79.5 cm³/mol. The topological polar surface area (TPSA) is 21.3 Å². The fourth-order valence-electron chi connectivity index (χ4n) is 1.92. The van der Waals surface area contributed by atoms with Gasteiger partial charge < -0.3 is 10.1 Å². The van der Waals surface area contributed by atoms with Crippen LogP contribution in [0.1, 0.15) is 18.1 Å². The van der Waals surface area contributed by atoms with Crippen molar-refractivity contribution in [1.29, 1.82) is 0 Å². The van der Waals surface area contributed by atoms with Crippen LogP contribution >= 0.6 is 11.6 Å². The van der Waals surface area contributed by atoms with Crippen LogP contribution in [-0.2, 0) is 13.2 Å². The van der Waals surface area contributed by atoms with Crippen LogP contribution in [0.25, 0.3) is 0 Å². The van der Waals surface area contributed by atoms with Gasteiger partial charge in [0.1, 0.15) is 12.4 Å². The molecule has 0 heterocycles. The third kappa shape index (κ3) is 4.16. The molecule has 0 unspecified atom stereocenters. The van der Waals surface area contributed by atoms with Gasteiger partial charge in [0.15, 0.2) is 11.6 Å². The van der Waals surface area contributed by atoms with Crippen molar-refractivity contribution in [2.24, 2.45) is 0 Å². The summed E-state index contributed by atoms with van der Waals surface area (Å²) in [6.07, 6.45) is 0. The maximum Gasteiger partial charge on any atom is 0.165 e. The van der Waals surface area contributed by atoms with Crippen LogP contribution in [0.15, 0.2) is 36.4 Å². The van der Waals surface area contributed by atoms with E-state index in [1.807, 2.05) is 6.92 Å². The van der Waals surface area contributed by atoms with Gasteiger partial charge in [-0.05, 0) is 30.8 Å². The first kappa shape index (κ1) is 15.7. The van der Waals surface area contributed by atoms with Gasteiger partial charge in [0.05, 0.1) is 0 Å². The molecule has 0 spiro atoms. The van der Waals surface area contributed by atoms with Gasteiger partial charge in [0, 0.05) is 22.7 Å². The molecule has 5 heteroatoms. The minimum absolute atomic E-state index is 0.0769. The van der Waals surface area contributed by atoms with E-state index in [2.05, 4.69) is 5.32 Å². The lowest BCUT2D eigenvalue weighted by atomic mass is 10.2. The summed E-state index contributed by atoms with van der Waals surface area (Å²) in [5.74, 6) is -0.755. The highest BCUT2D eigenvalue weighted by Gasteiger charge is 2.11. The third-order valence-corrected chi connectivity index (χ3v) is 3.23. The Morgan fingerprint density at radius 1 is 1.10 bits per heavy atom. The van der Waals surface area contributed by atoms with E-state index in [4.69, 9.17) is 16.3 Å². The van der Waals surface area contributed by atoms with Crippen LogP contribution in [0.5, 0.6) is 5.75 Å². The zero-order valence-corrected chi connectivity index (χ0v) is 12.4. The molecule has 0 atom stereocenters. The van der Waals surface area contributed by atoms with Crippen LogP contribution < -0.4 is 10.1 Å². The normalized spacial score (nSPS) is 10.7. The Balaban J connectivity index is 2.17. The molecule has 2 nitrogen and oxygen atoms in total. The van der Waals surface area contributed by atoms with Crippen molar-refractivity contribution in [1.82, 2.24) is 5.32 Å². The molecular formula is C16H16ClF2NO. The highest BCUT2D eigenvalue weighted by atomic mass is 35.5. The van der Waals surface area contributed by atoms with Gasteiger partial charge in [0.25, 0.3) is 0 Å². The molecule has 2 aromatic carbocycles. The summed E-state index contributed by atoms with van der Waals surface area (Å²) in [6.45, 7) is 3.13. The Morgan fingerprint density at radius 3 is 2.67 bits per heavy atom. The second kappa shape index (κ2) is 7.38. The number of halogens is 3. The number of hydrogen-bond donors (Lipinski definition) is 1. The average molecular weight is 312 g/mol. The molecule has 0 bridgehead atoms. The minimum atomic E-state index is -0.465. The predicted octanol–water partition coefficient (Wildman–Crippen LogP) is 4.31. The van der Waals surface area contributed by atoms with Crippen LogP contribution in [-0.4, -0.2) is 6.54 Å². The molecule has 0 aromatic heterocycles. The van der Waals surface area contributed by atoms with Crippen LogP contribution in [0, 0.1) is 11.6 Å². The number of para-hydroxylation sites is 1. The van der Waals surface area contributed by atoms with E-state index in [0.29, 0.717) is 22.7 Å². The van der Waals surface area contributed by atoms with Crippen molar-refractivity contribution in [3.8, 4) is 5.75 Å². The molecule has 0 amide bonds. The Hall–Kier alpha value is -1.65. The van der Waals surface area contributed by atoms with Gasteiger partial charge in [-0.2, -0.15) is 0 Å². The van der Waals surface area contributed by atoms with Crippen molar-refractivity contribution >= 4 is 11.6 Å². The molecule has 0 aliphatic rings. The van der Waals surface area contributed by atoms with E-state index in [1.165, 1.54) is 24.3 Å². The molecule has 0 fully saturated rings. The maximum absolute atomic E-state index is 13.9. The quantitative estimate of drug-likeness (QED) is 0.858. The van der Waals surface area contributed by atoms with Crippen molar-refractivity contribution < 1.29 is 13.5 Å². The highest BCUT2D eigenvalue weighted by molar-refractivity contribution is 6.30. The molecule has 112 valence electrons. The highest BCUT2D eigenvalue weighted by Crippen LogP contribution is 2.25. The molecule has 0 aliphatic heterocycles. The Kier molecular flexibility index (Phi) is 5.53. The lowest BCUT2D eigenvalue weighted by Crippen LogP contribution is -2.13.